The highest BCUT2D eigenvalue weighted by atomic mass is 16.5. The standard InChI is InChI=1S/C14H20O3/c1-11-4-2-3-5-13(11)14(15)10-17-9-12-6-7-16-8-12/h2-5,12,14-15H,6-10H2,1H3. The summed E-state index contributed by atoms with van der Waals surface area (Å²) < 4.78 is 10.8. The molecule has 0 spiro atoms. The van der Waals surface area contributed by atoms with Crippen molar-refractivity contribution in [1.29, 1.82) is 0 Å². The van der Waals surface area contributed by atoms with Gasteiger partial charge in [0.2, 0.25) is 0 Å². The molecular formula is C14H20O3. The molecule has 2 unspecified atom stereocenters. The van der Waals surface area contributed by atoms with Gasteiger partial charge in [-0.05, 0) is 24.5 Å². The Labute approximate surface area is 102 Å². The summed E-state index contributed by atoms with van der Waals surface area (Å²) in [6.07, 6.45) is 0.541. The van der Waals surface area contributed by atoms with Crippen LogP contribution < -0.4 is 0 Å². The number of hydrogen-bond donors (Lipinski definition) is 1. The summed E-state index contributed by atoms with van der Waals surface area (Å²) in [5, 5.41) is 10.0. The van der Waals surface area contributed by atoms with E-state index >= 15 is 0 Å². The maximum Gasteiger partial charge on any atom is 0.103 e. The summed E-state index contributed by atoms with van der Waals surface area (Å²) in [6.45, 7) is 4.68. The van der Waals surface area contributed by atoms with Crippen LogP contribution in [0.25, 0.3) is 0 Å². The van der Waals surface area contributed by atoms with Gasteiger partial charge in [-0.1, -0.05) is 24.3 Å². The molecule has 1 aliphatic heterocycles. The summed E-state index contributed by atoms with van der Waals surface area (Å²) in [5.41, 5.74) is 2.06. The van der Waals surface area contributed by atoms with Crippen molar-refractivity contribution in [3.8, 4) is 0 Å². The van der Waals surface area contributed by atoms with E-state index in [0.29, 0.717) is 19.1 Å². The van der Waals surface area contributed by atoms with Crippen molar-refractivity contribution in [2.45, 2.75) is 19.4 Å². The highest BCUT2D eigenvalue weighted by Crippen LogP contribution is 2.18. The van der Waals surface area contributed by atoms with Gasteiger partial charge >= 0.3 is 0 Å². The topological polar surface area (TPSA) is 38.7 Å². The van der Waals surface area contributed by atoms with Gasteiger partial charge in [0.25, 0.3) is 0 Å². The average Bonchev–Trinajstić information content (AvgIpc) is 2.82. The largest absolute Gasteiger partial charge is 0.386 e. The first kappa shape index (κ1) is 12.6. The van der Waals surface area contributed by atoms with Gasteiger partial charge in [-0.25, -0.2) is 0 Å². The lowest BCUT2D eigenvalue weighted by atomic mass is 10.0. The molecule has 0 aliphatic carbocycles. The lowest BCUT2D eigenvalue weighted by Gasteiger charge is -2.15. The lowest BCUT2D eigenvalue weighted by Crippen LogP contribution is -2.14. The van der Waals surface area contributed by atoms with E-state index in [0.717, 1.165) is 30.8 Å². The molecule has 1 fully saturated rings. The van der Waals surface area contributed by atoms with Gasteiger partial charge in [-0.15, -0.1) is 0 Å². The van der Waals surface area contributed by atoms with E-state index in [9.17, 15) is 5.11 Å². The van der Waals surface area contributed by atoms with Crippen LogP contribution in [0.3, 0.4) is 0 Å². The third kappa shape index (κ3) is 3.53. The average molecular weight is 236 g/mol. The molecule has 0 amide bonds. The molecule has 94 valence electrons. The van der Waals surface area contributed by atoms with Gasteiger partial charge < -0.3 is 14.6 Å². The molecule has 1 aliphatic rings. The van der Waals surface area contributed by atoms with Crippen molar-refractivity contribution in [3.63, 3.8) is 0 Å². The van der Waals surface area contributed by atoms with Crippen molar-refractivity contribution < 1.29 is 14.6 Å². The molecule has 1 heterocycles. The van der Waals surface area contributed by atoms with Crippen LogP contribution in [0, 0.1) is 12.8 Å². The second kappa shape index (κ2) is 6.15. The molecule has 2 rings (SSSR count). The zero-order valence-electron chi connectivity index (χ0n) is 10.3. The number of ether oxygens (including phenoxy) is 2. The SMILES string of the molecule is Cc1ccccc1C(O)COCC1CCOC1. The minimum atomic E-state index is -0.529. The maximum absolute atomic E-state index is 10.0. The van der Waals surface area contributed by atoms with E-state index in [1.54, 1.807) is 0 Å². The van der Waals surface area contributed by atoms with Gasteiger partial charge in [0.1, 0.15) is 6.10 Å². The Kier molecular flexibility index (Phi) is 4.54. The second-order valence-electron chi connectivity index (χ2n) is 4.64. The van der Waals surface area contributed by atoms with E-state index in [1.165, 1.54) is 0 Å². The minimum absolute atomic E-state index is 0.362. The maximum atomic E-state index is 10.0. The predicted molar refractivity (Wildman–Crippen MR) is 65.9 cm³/mol. The number of rotatable bonds is 5. The first-order chi connectivity index (χ1) is 8.27. The summed E-state index contributed by atoms with van der Waals surface area (Å²) in [5.74, 6) is 0.499. The Morgan fingerprint density at radius 2 is 2.29 bits per heavy atom. The number of benzene rings is 1. The molecular weight excluding hydrogens is 216 g/mol. The molecule has 2 atom stereocenters. The lowest BCUT2D eigenvalue weighted by molar-refractivity contribution is 0.0182. The molecule has 1 saturated heterocycles. The minimum Gasteiger partial charge on any atom is -0.386 e. The smallest absolute Gasteiger partial charge is 0.103 e. The molecule has 1 aromatic rings. The molecule has 17 heavy (non-hydrogen) atoms. The Balaban J connectivity index is 1.77. The van der Waals surface area contributed by atoms with Crippen LogP contribution in [0.15, 0.2) is 24.3 Å². The molecule has 1 aromatic carbocycles. The van der Waals surface area contributed by atoms with E-state index in [-0.39, 0.29) is 0 Å². The van der Waals surface area contributed by atoms with Crippen LogP contribution in [-0.2, 0) is 9.47 Å². The molecule has 3 nitrogen and oxygen atoms in total. The summed E-state index contributed by atoms with van der Waals surface area (Å²) in [4.78, 5) is 0. The second-order valence-corrected chi connectivity index (χ2v) is 4.64. The Bertz CT molecular complexity index is 345. The van der Waals surface area contributed by atoms with E-state index in [2.05, 4.69) is 0 Å². The Hall–Kier alpha value is -0.900. The van der Waals surface area contributed by atoms with Crippen LogP contribution in [0.2, 0.25) is 0 Å². The fraction of sp³-hybridized carbons (Fsp3) is 0.571. The number of aryl methyl sites for hydroxylation is 1. The molecule has 0 aromatic heterocycles. The predicted octanol–water partition coefficient (Wildman–Crippen LogP) is 2.08. The van der Waals surface area contributed by atoms with Crippen molar-refractivity contribution in [3.05, 3.63) is 35.4 Å². The third-order valence-electron chi connectivity index (χ3n) is 3.20. The van der Waals surface area contributed by atoms with Crippen LogP contribution in [0.5, 0.6) is 0 Å². The van der Waals surface area contributed by atoms with Crippen molar-refractivity contribution in [2.75, 3.05) is 26.4 Å². The highest BCUT2D eigenvalue weighted by molar-refractivity contribution is 5.27. The van der Waals surface area contributed by atoms with Crippen LogP contribution in [0.1, 0.15) is 23.7 Å². The number of hydrogen-bond acceptors (Lipinski definition) is 3. The quantitative estimate of drug-likeness (QED) is 0.850. The monoisotopic (exact) mass is 236 g/mol. The highest BCUT2D eigenvalue weighted by Gasteiger charge is 2.17. The molecule has 3 heteroatoms. The van der Waals surface area contributed by atoms with Crippen molar-refractivity contribution >= 4 is 0 Å². The normalized spacial score (nSPS) is 21.6. The van der Waals surface area contributed by atoms with E-state index in [1.807, 2.05) is 31.2 Å². The van der Waals surface area contributed by atoms with E-state index in [4.69, 9.17) is 9.47 Å². The van der Waals surface area contributed by atoms with Crippen LogP contribution >= 0.6 is 0 Å². The van der Waals surface area contributed by atoms with Crippen molar-refractivity contribution in [2.24, 2.45) is 5.92 Å². The summed E-state index contributed by atoms with van der Waals surface area (Å²) >= 11 is 0. The first-order valence-electron chi connectivity index (χ1n) is 6.16. The summed E-state index contributed by atoms with van der Waals surface area (Å²) in [6, 6.07) is 7.87. The van der Waals surface area contributed by atoms with Gasteiger partial charge in [-0.2, -0.15) is 0 Å². The summed E-state index contributed by atoms with van der Waals surface area (Å²) in [7, 11) is 0. The van der Waals surface area contributed by atoms with Gasteiger partial charge in [-0.3, -0.25) is 0 Å². The fourth-order valence-electron chi connectivity index (χ4n) is 2.11. The van der Waals surface area contributed by atoms with Crippen molar-refractivity contribution in [1.82, 2.24) is 0 Å². The van der Waals surface area contributed by atoms with Crippen LogP contribution in [-0.4, -0.2) is 31.5 Å². The van der Waals surface area contributed by atoms with Gasteiger partial charge in [0.15, 0.2) is 0 Å². The third-order valence-corrected chi connectivity index (χ3v) is 3.20. The Morgan fingerprint density at radius 3 is 3.00 bits per heavy atom. The first-order valence-corrected chi connectivity index (χ1v) is 6.16. The zero-order chi connectivity index (χ0) is 12.1. The molecule has 1 N–H and O–H groups in total. The number of aliphatic hydroxyl groups excluding tert-OH is 1. The molecule has 0 bridgehead atoms. The Morgan fingerprint density at radius 1 is 1.47 bits per heavy atom. The fourth-order valence-corrected chi connectivity index (χ4v) is 2.11. The molecule has 0 radical (unpaired) electrons. The van der Waals surface area contributed by atoms with Gasteiger partial charge in [0.05, 0.1) is 19.8 Å². The number of aliphatic hydroxyl groups is 1. The van der Waals surface area contributed by atoms with E-state index < -0.39 is 6.10 Å². The molecule has 0 saturated carbocycles. The zero-order valence-corrected chi connectivity index (χ0v) is 10.3. The van der Waals surface area contributed by atoms with Crippen LogP contribution in [0.4, 0.5) is 0 Å². The van der Waals surface area contributed by atoms with Gasteiger partial charge in [0, 0.05) is 12.5 Å².